The van der Waals surface area contributed by atoms with Crippen LogP contribution < -0.4 is 5.32 Å². The Balaban J connectivity index is 1.83. The average molecular weight is 285 g/mol. The van der Waals surface area contributed by atoms with Gasteiger partial charge in [-0.3, -0.25) is 4.79 Å². The zero-order valence-corrected chi connectivity index (χ0v) is 11.3. The van der Waals surface area contributed by atoms with Gasteiger partial charge in [0.1, 0.15) is 12.0 Å². The zero-order chi connectivity index (χ0) is 13.5. The van der Waals surface area contributed by atoms with Crippen LogP contribution in [0.3, 0.4) is 0 Å². The number of amides is 1. The number of hydrogen-bond donors (Lipinski definition) is 1. The standard InChI is InChI=1S/C13H11N5OS/c19-13(15-9-1-2-9)11-5-10(8-3-4-20-6-8)12-16-14-7-18(12)17-11/h3-7,9H,1-2H2,(H,15,19). The van der Waals surface area contributed by atoms with Crippen molar-refractivity contribution in [2.24, 2.45) is 0 Å². The third-order valence-electron chi connectivity index (χ3n) is 3.25. The lowest BCUT2D eigenvalue weighted by Gasteiger charge is -2.06. The van der Waals surface area contributed by atoms with Crippen molar-refractivity contribution in [3.63, 3.8) is 0 Å². The molecule has 100 valence electrons. The molecule has 1 aliphatic rings. The molecule has 0 bridgehead atoms. The van der Waals surface area contributed by atoms with E-state index in [-0.39, 0.29) is 5.91 Å². The van der Waals surface area contributed by atoms with Crippen LogP contribution in [0.15, 0.2) is 29.2 Å². The van der Waals surface area contributed by atoms with E-state index in [2.05, 4.69) is 20.6 Å². The fraction of sp³-hybridized carbons (Fsp3) is 0.231. The minimum absolute atomic E-state index is 0.139. The van der Waals surface area contributed by atoms with Crippen molar-refractivity contribution in [3.8, 4) is 11.1 Å². The molecule has 3 aromatic heterocycles. The first kappa shape index (κ1) is 11.5. The Bertz CT molecular complexity index is 775. The summed E-state index contributed by atoms with van der Waals surface area (Å²) in [5, 5.41) is 19.2. The van der Waals surface area contributed by atoms with E-state index in [9.17, 15) is 4.79 Å². The van der Waals surface area contributed by atoms with Crippen molar-refractivity contribution in [1.29, 1.82) is 0 Å². The molecule has 1 aliphatic carbocycles. The van der Waals surface area contributed by atoms with Crippen LogP contribution in [-0.2, 0) is 0 Å². The van der Waals surface area contributed by atoms with Crippen molar-refractivity contribution in [2.45, 2.75) is 18.9 Å². The molecule has 0 aromatic carbocycles. The van der Waals surface area contributed by atoms with Gasteiger partial charge in [0.15, 0.2) is 5.65 Å². The Morgan fingerprint density at radius 3 is 3.10 bits per heavy atom. The van der Waals surface area contributed by atoms with Gasteiger partial charge in [0.2, 0.25) is 0 Å². The number of carbonyl (C=O) groups excluding carboxylic acids is 1. The Morgan fingerprint density at radius 2 is 2.35 bits per heavy atom. The number of hydrogen-bond acceptors (Lipinski definition) is 5. The topological polar surface area (TPSA) is 72.2 Å². The molecule has 3 aromatic rings. The molecular formula is C13H11N5OS. The smallest absolute Gasteiger partial charge is 0.271 e. The molecule has 0 saturated heterocycles. The van der Waals surface area contributed by atoms with Gasteiger partial charge < -0.3 is 5.32 Å². The van der Waals surface area contributed by atoms with E-state index in [0.717, 1.165) is 24.0 Å². The molecule has 3 heterocycles. The molecule has 0 radical (unpaired) electrons. The van der Waals surface area contributed by atoms with E-state index >= 15 is 0 Å². The van der Waals surface area contributed by atoms with Gasteiger partial charge in [0.05, 0.1) is 0 Å². The summed E-state index contributed by atoms with van der Waals surface area (Å²) in [6.45, 7) is 0. The van der Waals surface area contributed by atoms with E-state index in [1.807, 2.05) is 16.8 Å². The van der Waals surface area contributed by atoms with Gasteiger partial charge in [-0.05, 0) is 41.3 Å². The largest absolute Gasteiger partial charge is 0.348 e. The second-order valence-electron chi connectivity index (χ2n) is 4.80. The fourth-order valence-corrected chi connectivity index (χ4v) is 2.71. The summed E-state index contributed by atoms with van der Waals surface area (Å²) in [7, 11) is 0. The fourth-order valence-electron chi connectivity index (χ4n) is 2.05. The molecule has 0 unspecified atom stereocenters. The quantitative estimate of drug-likeness (QED) is 0.795. The number of aromatic nitrogens is 4. The van der Waals surface area contributed by atoms with Gasteiger partial charge in [0.25, 0.3) is 5.91 Å². The van der Waals surface area contributed by atoms with Crippen LogP contribution in [0, 0.1) is 0 Å². The van der Waals surface area contributed by atoms with E-state index in [4.69, 9.17) is 0 Å². The van der Waals surface area contributed by atoms with Crippen LogP contribution in [0.1, 0.15) is 23.3 Å². The lowest BCUT2D eigenvalue weighted by Crippen LogP contribution is -2.27. The van der Waals surface area contributed by atoms with Gasteiger partial charge >= 0.3 is 0 Å². The van der Waals surface area contributed by atoms with Gasteiger partial charge in [0, 0.05) is 11.6 Å². The van der Waals surface area contributed by atoms with Gasteiger partial charge in [-0.2, -0.15) is 21.0 Å². The van der Waals surface area contributed by atoms with E-state index in [1.54, 1.807) is 21.9 Å². The lowest BCUT2D eigenvalue weighted by atomic mass is 10.1. The Hall–Kier alpha value is -2.28. The first-order valence-electron chi connectivity index (χ1n) is 6.36. The summed E-state index contributed by atoms with van der Waals surface area (Å²) in [5.41, 5.74) is 2.95. The second kappa shape index (κ2) is 4.38. The molecule has 1 saturated carbocycles. The molecule has 6 nitrogen and oxygen atoms in total. The number of thiophene rings is 1. The van der Waals surface area contributed by atoms with Crippen LogP contribution in [0.25, 0.3) is 16.8 Å². The van der Waals surface area contributed by atoms with Crippen LogP contribution in [0.4, 0.5) is 0 Å². The Labute approximate surface area is 118 Å². The monoisotopic (exact) mass is 285 g/mol. The summed E-state index contributed by atoms with van der Waals surface area (Å²) < 4.78 is 1.55. The summed E-state index contributed by atoms with van der Waals surface area (Å²) >= 11 is 1.60. The predicted molar refractivity (Wildman–Crippen MR) is 74.6 cm³/mol. The number of nitrogens with zero attached hydrogens (tertiary/aromatic N) is 4. The summed E-state index contributed by atoms with van der Waals surface area (Å²) in [6.07, 6.45) is 3.62. The van der Waals surface area contributed by atoms with Gasteiger partial charge in [-0.1, -0.05) is 0 Å². The molecule has 1 N–H and O–H groups in total. The first-order chi connectivity index (χ1) is 9.81. The Morgan fingerprint density at radius 1 is 1.45 bits per heavy atom. The number of rotatable bonds is 3. The number of fused-ring (bicyclic) bond motifs is 1. The second-order valence-corrected chi connectivity index (χ2v) is 5.58. The highest BCUT2D eigenvalue weighted by atomic mass is 32.1. The molecular weight excluding hydrogens is 274 g/mol. The zero-order valence-electron chi connectivity index (χ0n) is 10.5. The molecule has 0 atom stereocenters. The maximum absolute atomic E-state index is 12.2. The van der Waals surface area contributed by atoms with Crippen molar-refractivity contribution in [3.05, 3.63) is 34.9 Å². The number of carbonyl (C=O) groups is 1. The van der Waals surface area contributed by atoms with Gasteiger partial charge in [-0.25, -0.2) is 0 Å². The molecule has 0 aliphatic heterocycles. The van der Waals surface area contributed by atoms with Crippen LogP contribution in [0.5, 0.6) is 0 Å². The average Bonchev–Trinajstić information content (AvgIpc) is 2.97. The van der Waals surface area contributed by atoms with Crippen molar-refractivity contribution < 1.29 is 4.79 Å². The van der Waals surface area contributed by atoms with E-state index in [0.29, 0.717) is 17.4 Å². The summed E-state index contributed by atoms with van der Waals surface area (Å²) in [5.74, 6) is -0.139. The highest BCUT2D eigenvalue weighted by molar-refractivity contribution is 7.08. The van der Waals surface area contributed by atoms with Crippen LogP contribution in [0.2, 0.25) is 0 Å². The Kier molecular flexibility index (Phi) is 2.53. The summed E-state index contributed by atoms with van der Waals surface area (Å²) in [4.78, 5) is 12.2. The van der Waals surface area contributed by atoms with Gasteiger partial charge in [-0.15, -0.1) is 10.2 Å². The highest BCUT2D eigenvalue weighted by Crippen LogP contribution is 2.26. The first-order valence-corrected chi connectivity index (χ1v) is 7.30. The van der Waals surface area contributed by atoms with Crippen molar-refractivity contribution in [2.75, 3.05) is 0 Å². The normalized spacial score (nSPS) is 14.6. The third-order valence-corrected chi connectivity index (χ3v) is 3.93. The van der Waals surface area contributed by atoms with Crippen LogP contribution >= 0.6 is 11.3 Å². The maximum Gasteiger partial charge on any atom is 0.271 e. The molecule has 0 spiro atoms. The van der Waals surface area contributed by atoms with Crippen molar-refractivity contribution in [1.82, 2.24) is 25.1 Å². The minimum atomic E-state index is -0.139. The number of nitrogens with one attached hydrogen (secondary N) is 1. The van der Waals surface area contributed by atoms with E-state index in [1.165, 1.54) is 6.33 Å². The van der Waals surface area contributed by atoms with Crippen molar-refractivity contribution >= 4 is 22.9 Å². The molecule has 1 amide bonds. The molecule has 4 rings (SSSR count). The third kappa shape index (κ3) is 1.96. The summed E-state index contributed by atoms with van der Waals surface area (Å²) in [6, 6.07) is 4.09. The predicted octanol–water partition coefficient (Wildman–Crippen LogP) is 1.74. The molecule has 20 heavy (non-hydrogen) atoms. The lowest BCUT2D eigenvalue weighted by molar-refractivity contribution is 0.0945. The van der Waals surface area contributed by atoms with Crippen LogP contribution in [-0.4, -0.2) is 31.8 Å². The molecule has 7 heteroatoms. The molecule has 1 fully saturated rings. The van der Waals surface area contributed by atoms with E-state index < -0.39 is 0 Å². The minimum Gasteiger partial charge on any atom is -0.348 e. The maximum atomic E-state index is 12.2. The highest BCUT2D eigenvalue weighted by Gasteiger charge is 2.25. The SMILES string of the molecule is O=C(NC1CC1)c1cc(-c2ccsc2)c2nncn2n1.